The third-order valence-electron chi connectivity index (χ3n) is 3.09. The Bertz CT molecular complexity index is 413. The van der Waals surface area contributed by atoms with Crippen molar-refractivity contribution in [3.8, 4) is 0 Å². The number of nitrogens with zero attached hydrogens (tertiary/aromatic N) is 2. The van der Waals surface area contributed by atoms with Crippen molar-refractivity contribution in [3.63, 3.8) is 0 Å². The van der Waals surface area contributed by atoms with Crippen molar-refractivity contribution in [2.45, 2.75) is 25.9 Å². The van der Waals surface area contributed by atoms with Crippen LogP contribution in [0, 0.1) is 0 Å². The monoisotopic (exact) mass is 250 g/mol. The minimum absolute atomic E-state index is 0.354. The van der Waals surface area contributed by atoms with E-state index >= 15 is 0 Å². The van der Waals surface area contributed by atoms with Crippen LogP contribution in [-0.2, 0) is 10.3 Å². The van der Waals surface area contributed by atoms with E-state index in [2.05, 4.69) is 17.2 Å². The number of hydrogen-bond donors (Lipinski definition) is 2. The molecule has 0 bridgehead atoms. The molecule has 1 unspecified atom stereocenters. The molecule has 5 heteroatoms. The number of ether oxygens (including phenoxy) is 1. The fourth-order valence-corrected chi connectivity index (χ4v) is 1.65. The molecule has 0 aliphatic heterocycles. The summed E-state index contributed by atoms with van der Waals surface area (Å²) in [6, 6.07) is 5.65. The lowest BCUT2D eigenvalue weighted by Gasteiger charge is -2.27. The van der Waals surface area contributed by atoms with E-state index in [0.29, 0.717) is 18.8 Å². The van der Waals surface area contributed by atoms with Crippen LogP contribution in [-0.4, -0.2) is 20.2 Å². The molecule has 5 nitrogen and oxygen atoms in total. The standard InChI is InChI=1S/C13H22N4O/c1-4-13(2,18-3)10-7-11(15)9-12(8-10)17-16-6-5-14/h7-9H,4-6,14-15H2,1-3H3. The Morgan fingerprint density at radius 1 is 1.33 bits per heavy atom. The van der Waals surface area contributed by atoms with Gasteiger partial charge in [0, 0.05) is 19.3 Å². The maximum absolute atomic E-state index is 5.89. The van der Waals surface area contributed by atoms with Gasteiger partial charge in [-0.25, -0.2) is 0 Å². The lowest BCUT2D eigenvalue weighted by atomic mass is 9.92. The summed E-state index contributed by atoms with van der Waals surface area (Å²) in [4.78, 5) is 0. The van der Waals surface area contributed by atoms with E-state index in [1.165, 1.54) is 0 Å². The van der Waals surface area contributed by atoms with Gasteiger partial charge in [0.25, 0.3) is 0 Å². The first-order valence-electron chi connectivity index (χ1n) is 6.09. The molecule has 0 aliphatic carbocycles. The second kappa shape index (κ2) is 6.47. The highest BCUT2D eigenvalue weighted by Gasteiger charge is 2.24. The lowest BCUT2D eigenvalue weighted by Crippen LogP contribution is -2.23. The van der Waals surface area contributed by atoms with Crippen LogP contribution in [0.4, 0.5) is 11.4 Å². The van der Waals surface area contributed by atoms with E-state index < -0.39 is 0 Å². The van der Waals surface area contributed by atoms with E-state index in [9.17, 15) is 0 Å². The summed E-state index contributed by atoms with van der Waals surface area (Å²) < 4.78 is 5.56. The van der Waals surface area contributed by atoms with E-state index in [0.717, 1.165) is 17.7 Å². The molecule has 0 saturated heterocycles. The van der Waals surface area contributed by atoms with E-state index in [1.54, 1.807) is 13.2 Å². The quantitative estimate of drug-likeness (QED) is 0.601. The average Bonchev–Trinajstić information content (AvgIpc) is 2.37. The summed E-state index contributed by atoms with van der Waals surface area (Å²) in [5.41, 5.74) is 13.3. The number of anilines is 1. The van der Waals surface area contributed by atoms with Gasteiger partial charge in [-0.1, -0.05) is 6.92 Å². The second-order valence-electron chi connectivity index (χ2n) is 4.36. The summed E-state index contributed by atoms with van der Waals surface area (Å²) in [6.45, 7) is 5.10. The van der Waals surface area contributed by atoms with Crippen LogP contribution >= 0.6 is 0 Å². The molecular formula is C13H22N4O. The molecule has 0 saturated carbocycles. The Hall–Kier alpha value is -1.46. The van der Waals surface area contributed by atoms with Crippen molar-refractivity contribution in [1.82, 2.24) is 0 Å². The molecule has 1 aromatic rings. The van der Waals surface area contributed by atoms with E-state index in [4.69, 9.17) is 16.2 Å². The van der Waals surface area contributed by atoms with Crippen molar-refractivity contribution >= 4 is 11.4 Å². The molecular weight excluding hydrogens is 228 g/mol. The number of benzene rings is 1. The third kappa shape index (κ3) is 3.51. The zero-order chi connectivity index (χ0) is 13.6. The van der Waals surface area contributed by atoms with Gasteiger partial charge in [0.05, 0.1) is 17.8 Å². The smallest absolute Gasteiger partial charge is 0.0898 e. The van der Waals surface area contributed by atoms with Crippen molar-refractivity contribution < 1.29 is 4.74 Å². The van der Waals surface area contributed by atoms with Crippen molar-refractivity contribution in [2.24, 2.45) is 16.0 Å². The molecule has 0 aromatic heterocycles. The number of nitrogen functional groups attached to an aromatic ring is 1. The highest BCUT2D eigenvalue weighted by molar-refractivity contribution is 5.54. The zero-order valence-corrected chi connectivity index (χ0v) is 11.3. The first-order chi connectivity index (χ1) is 8.55. The van der Waals surface area contributed by atoms with Gasteiger partial charge < -0.3 is 16.2 Å². The van der Waals surface area contributed by atoms with Crippen LogP contribution in [0.5, 0.6) is 0 Å². The van der Waals surface area contributed by atoms with E-state index in [1.807, 2.05) is 19.1 Å². The zero-order valence-electron chi connectivity index (χ0n) is 11.3. The van der Waals surface area contributed by atoms with Gasteiger partial charge in [-0.2, -0.15) is 10.2 Å². The van der Waals surface area contributed by atoms with Gasteiger partial charge in [-0.3, -0.25) is 0 Å². The number of azo groups is 1. The van der Waals surface area contributed by atoms with Crippen molar-refractivity contribution in [3.05, 3.63) is 23.8 Å². The molecule has 0 amide bonds. The summed E-state index contributed by atoms with van der Waals surface area (Å²) in [7, 11) is 1.70. The first kappa shape index (κ1) is 14.6. The van der Waals surface area contributed by atoms with Crippen LogP contribution in [0.2, 0.25) is 0 Å². The molecule has 4 N–H and O–H groups in total. The summed E-state index contributed by atoms with van der Waals surface area (Å²) >= 11 is 0. The molecule has 0 aliphatic rings. The fourth-order valence-electron chi connectivity index (χ4n) is 1.65. The van der Waals surface area contributed by atoms with Crippen LogP contribution in [0.1, 0.15) is 25.8 Å². The lowest BCUT2D eigenvalue weighted by molar-refractivity contribution is -0.00131. The number of nitrogens with two attached hydrogens (primary N) is 2. The Morgan fingerprint density at radius 2 is 2.06 bits per heavy atom. The van der Waals surface area contributed by atoms with Crippen LogP contribution in [0.25, 0.3) is 0 Å². The summed E-state index contributed by atoms with van der Waals surface area (Å²) in [5, 5.41) is 8.09. The van der Waals surface area contributed by atoms with Gasteiger partial charge in [-0.15, -0.1) is 0 Å². The maximum atomic E-state index is 5.89. The molecule has 0 radical (unpaired) electrons. The van der Waals surface area contributed by atoms with Crippen molar-refractivity contribution in [1.29, 1.82) is 0 Å². The molecule has 1 rings (SSSR count). The molecule has 18 heavy (non-hydrogen) atoms. The Labute approximate surface area is 108 Å². The van der Waals surface area contributed by atoms with Crippen LogP contribution in [0.15, 0.2) is 28.4 Å². The Morgan fingerprint density at radius 3 is 2.61 bits per heavy atom. The van der Waals surface area contributed by atoms with Gasteiger partial charge in [0.1, 0.15) is 0 Å². The number of rotatable bonds is 6. The third-order valence-corrected chi connectivity index (χ3v) is 3.09. The minimum Gasteiger partial charge on any atom is -0.399 e. The van der Waals surface area contributed by atoms with Gasteiger partial charge >= 0.3 is 0 Å². The maximum Gasteiger partial charge on any atom is 0.0898 e. The molecule has 0 fully saturated rings. The Kier molecular flexibility index (Phi) is 5.25. The molecule has 1 atom stereocenters. The van der Waals surface area contributed by atoms with Gasteiger partial charge in [0.2, 0.25) is 0 Å². The fraction of sp³-hybridized carbons (Fsp3) is 0.538. The SMILES string of the molecule is CCC(C)(OC)c1cc(N)cc(N=NCCN)c1. The van der Waals surface area contributed by atoms with Crippen molar-refractivity contribution in [2.75, 3.05) is 25.9 Å². The van der Waals surface area contributed by atoms with Crippen LogP contribution in [0.3, 0.4) is 0 Å². The Balaban J connectivity index is 3.07. The van der Waals surface area contributed by atoms with E-state index in [-0.39, 0.29) is 5.60 Å². The second-order valence-corrected chi connectivity index (χ2v) is 4.36. The molecule has 0 spiro atoms. The number of hydrogen-bond acceptors (Lipinski definition) is 5. The van der Waals surface area contributed by atoms with Gasteiger partial charge in [0.15, 0.2) is 0 Å². The largest absolute Gasteiger partial charge is 0.399 e. The highest BCUT2D eigenvalue weighted by Crippen LogP contribution is 2.32. The molecule has 100 valence electrons. The van der Waals surface area contributed by atoms with Crippen LogP contribution < -0.4 is 11.5 Å². The molecule has 0 heterocycles. The first-order valence-corrected chi connectivity index (χ1v) is 6.09. The highest BCUT2D eigenvalue weighted by atomic mass is 16.5. The topological polar surface area (TPSA) is 86.0 Å². The summed E-state index contributed by atoms with van der Waals surface area (Å²) in [6.07, 6.45) is 0.854. The predicted molar refractivity (Wildman–Crippen MR) is 73.9 cm³/mol. The molecule has 1 aromatic carbocycles. The summed E-state index contributed by atoms with van der Waals surface area (Å²) in [5.74, 6) is 0. The van der Waals surface area contributed by atoms with Gasteiger partial charge in [-0.05, 0) is 37.1 Å². The predicted octanol–water partition coefficient (Wildman–Crippen LogP) is 2.58. The number of methoxy groups -OCH3 is 1. The average molecular weight is 250 g/mol. The normalized spacial score (nSPS) is 14.9. The minimum atomic E-state index is -0.354.